The Morgan fingerprint density at radius 2 is 1.50 bits per heavy atom. The maximum Gasteiger partial charge on any atom is 0.275 e. The molecule has 0 bridgehead atoms. The molecular weight excluding hydrogens is 428 g/mol. The van der Waals surface area contributed by atoms with Crippen molar-refractivity contribution >= 4 is 39.3 Å². The van der Waals surface area contributed by atoms with E-state index in [1.165, 1.54) is 4.31 Å². The molecule has 2 aromatic carbocycles. The van der Waals surface area contributed by atoms with Crippen molar-refractivity contribution in [3.8, 4) is 0 Å². The van der Waals surface area contributed by atoms with Crippen LogP contribution in [0.3, 0.4) is 0 Å². The number of benzene rings is 2. The highest BCUT2D eigenvalue weighted by atomic mass is 32.2. The van der Waals surface area contributed by atoms with Gasteiger partial charge in [-0.15, -0.1) is 0 Å². The average molecular weight is 457 g/mol. The second-order valence-electron chi connectivity index (χ2n) is 7.65. The number of nitrogens with zero attached hydrogens (tertiary/aromatic N) is 3. The van der Waals surface area contributed by atoms with Crippen molar-refractivity contribution in [2.45, 2.75) is 11.8 Å². The molecule has 1 fully saturated rings. The Balaban J connectivity index is 1.66. The summed E-state index contributed by atoms with van der Waals surface area (Å²) in [6, 6.07) is 14.1. The maximum atomic E-state index is 12.8. The second-order valence-corrected chi connectivity index (χ2v) is 9.59. The number of rotatable bonds is 6. The summed E-state index contributed by atoms with van der Waals surface area (Å²) in [6.07, 6.45) is 1.69. The third kappa shape index (κ3) is 5.94. The summed E-state index contributed by atoms with van der Waals surface area (Å²) in [4.78, 5) is 17.7. The highest BCUT2D eigenvalue weighted by Gasteiger charge is 2.27. The monoisotopic (exact) mass is 456 g/mol. The van der Waals surface area contributed by atoms with Gasteiger partial charge in [0.2, 0.25) is 10.0 Å². The predicted octanol–water partition coefficient (Wildman–Crippen LogP) is 1.57. The molecule has 2 aromatic rings. The van der Waals surface area contributed by atoms with E-state index in [4.69, 9.17) is 11.5 Å². The molecule has 1 amide bonds. The van der Waals surface area contributed by atoms with Crippen LogP contribution in [0.1, 0.15) is 12.5 Å². The summed E-state index contributed by atoms with van der Waals surface area (Å²) in [5.74, 6) is -0.761. The van der Waals surface area contributed by atoms with Crippen LogP contribution in [0.25, 0.3) is 6.08 Å². The lowest BCUT2D eigenvalue weighted by molar-refractivity contribution is -0.114. The van der Waals surface area contributed by atoms with Gasteiger partial charge in [-0.3, -0.25) is 4.79 Å². The fourth-order valence-corrected chi connectivity index (χ4v) is 4.66. The molecule has 0 spiro atoms. The molecule has 1 heterocycles. The Morgan fingerprint density at radius 3 is 2.03 bits per heavy atom. The number of anilines is 2. The van der Waals surface area contributed by atoms with E-state index in [2.05, 4.69) is 15.2 Å². The van der Waals surface area contributed by atoms with Crippen LogP contribution >= 0.6 is 0 Å². The van der Waals surface area contributed by atoms with E-state index in [1.807, 2.05) is 31.3 Å². The van der Waals surface area contributed by atoms with E-state index in [0.29, 0.717) is 18.7 Å². The number of hydrogen-bond acceptors (Lipinski definition) is 5. The SMILES string of the molecule is C/C(=C\c1ccc(Nc2ccc(S(=O)(=O)N3CCN(C)CC3)cc2)cc1)C(=O)N=C(N)N. The molecule has 10 heteroatoms. The molecule has 0 unspecified atom stereocenters. The molecule has 9 nitrogen and oxygen atoms in total. The van der Waals surface area contributed by atoms with Crippen LogP contribution in [-0.2, 0) is 14.8 Å². The summed E-state index contributed by atoms with van der Waals surface area (Å²) >= 11 is 0. The van der Waals surface area contributed by atoms with Crippen molar-refractivity contribution in [2.75, 3.05) is 38.5 Å². The molecule has 1 aliphatic heterocycles. The van der Waals surface area contributed by atoms with E-state index in [-0.39, 0.29) is 10.9 Å². The number of likely N-dealkylation sites (N-methyl/N-ethyl adjacent to an activating group) is 1. The molecule has 0 radical (unpaired) electrons. The molecule has 170 valence electrons. The predicted molar refractivity (Wildman–Crippen MR) is 127 cm³/mol. The van der Waals surface area contributed by atoms with Gasteiger partial charge in [0, 0.05) is 43.1 Å². The first-order valence-corrected chi connectivity index (χ1v) is 11.6. The number of sulfonamides is 1. The molecule has 0 atom stereocenters. The minimum absolute atomic E-state index is 0.273. The van der Waals surface area contributed by atoms with Crippen LogP contribution < -0.4 is 16.8 Å². The van der Waals surface area contributed by atoms with Crippen molar-refractivity contribution in [3.63, 3.8) is 0 Å². The number of guanidine groups is 1. The lowest BCUT2D eigenvalue weighted by atomic mass is 10.1. The summed E-state index contributed by atoms with van der Waals surface area (Å²) < 4.78 is 27.2. The van der Waals surface area contributed by atoms with E-state index in [9.17, 15) is 13.2 Å². The Hall–Kier alpha value is -3.21. The number of hydrogen-bond donors (Lipinski definition) is 3. The number of aliphatic imine (C=N–C) groups is 1. The lowest BCUT2D eigenvalue weighted by Crippen LogP contribution is -2.46. The van der Waals surface area contributed by atoms with E-state index in [1.54, 1.807) is 37.3 Å². The minimum atomic E-state index is -3.49. The van der Waals surface area contributed by atoms with Crippen LogP contribution in [0.2, 0.25) is 0 Å². The van der Waals surface area contributed by atoms with Gasteiger partial charge < -0.3 is 21.7 Å². The molecule has 0 aliphatic carbocycles. The average Bonchev–Trinajstić information content (AvgIpc) is 2.75. The van der Waals surface area contributed by atoms with Crippen molar-refractivity contribution in [1.29, 1.82) is 0 Å². The number of piperazine rings is 1. The van der Waals surface area contributed by atoms with Crippen LogP contribution in [-0.4, -0.2) is 62.7 Å². The minimum Gasteiger partial charge on any atom is -0.370 e. The lowest BCUT2D eigenvalue weighted by Gasteiger charge is -2.31. The van der Waals surface area contributed by atoms with Crippen LogP contribution in [0, 0.1) is 0 Å². The van der Waals surface area contributed by atoms with Crippen molar-refractivity contribution in [2.24, 2.45) is 16.5 Å². The van der Waals surface area contributed by atoms with Crippen molar-refractivity contribution in [1.82, 2.24) is 9.21 Å². The summed E-state index contributed by atoms with van der Waals surface area (Å²) in [5.41, 5.74) is 13.3. The van der Waals surface area contributed by atoms with Gasteiger partial charge in [0.15, 0.2) is 5.96 Å². The molecular formula is C22H28N6O3S. The molecule has 3 rings (SSSR count). The van der Waals surface area contributed by atoms with Gasteiger partial charge in [0.1, 0.15) is 0 Å². The standard InChI is InChI=1S/C22H28N6O3S/c1-16(21(29)26-22(23)24)15-17-3-5-18(6-4-17)25-19-7-9-20(10-8-19)32(30,31)28-13-11-27(2)12-14-28/h3-10,15,25H,11-14H2,1-2H3,(H4,23,24,26,29)/b16-15+. The fraction of sp³-hybridized carbons (Fsp3) is 0.273. The van der Waals surface area contributed by atoms with E-state index >= 15 is 0 Å². The maximum absolute atomic E-state index is 12.8. The Bertz CT molecular complexity index is 1110. The third-order valence-electron chi connectivity index (χ3n) is 5.10. The molecule has 5 N–H and O–H groups in total. The molecule has 1 saturated heterocycles. The van der Waals surface area contributed by atoms with Gasteiger partial charge in [0.25, 0.3) is 5.91 Å². The second kappa shape index (κ2) is 9.94. The summed E-state index contributed by atoms with van der Waals surface area (Å²) in [7, 11) is -1.50. The molecule has 32 heavy (non-hydrogen) atoms. The molecule has 1 aliphatic rings. The first-order valence-electron chi connectivity index (χ1n) is 10.1. The van der Waals surface area contributed by atoms with Gasteiger partial charge in [-0.1, -0.05) is 12.1 Å². The van der Waals surface area contributed by atoms with E-state index < -0.39 is 15.9 Å². The summed E-state index contributed by atoms with van der Waals surface area (Å²) in [5, 5.41) is 3.24. The van der Waals surface area contributed by atoms with Crippen LogP contribution in [0.15, 0.2) is 64.0 Å². The van der Waals surface area contributed by atoms with Gasteiger partial charge in [-0.2, -0.15) is 9.30 Å². The van der Waals surface area contributed by atoms with Crippen LogP contribution in [0.4, 0.5) is 11.4 Å². The number of carbonyl (C=O) groups excluding carboxylic acids is 1. The molecule has 0 saturated carbocycles. The van der Waals surface area contributed by atoms with E-state index in [0.717, 1.165) is 30.0 Å². The first kappa shape index (κ1) is 23.5. The highest BCUT2D eigenvalue weighted by molar-refractivity contribution is 7.89. The number of carbonyl (C=O) groups is 1. The zero-order valence-electron chi connectivity index (χ0n) is 18.2. The Kier molecular flexibility index (Phi) is 7.29. The van der Waals surface area contributed by atoms with Crippen molar-refractivity contribution < 1.29 is 13.2 Å². The Morgan fingerprint density at radius 1 is 0.969 bits per heavy atom. The fourth-order valence-electron chi connectivity index (χ4n) is 3.23. The first-order chi connectivity index (χ1) is 15.1. The topological polar surface area (TPSA) is 134 Å². The van der Waals surface area contributed by atoms with Gasteiger partial charge in [-0.25, -0.2) is 8.42 Å². The zero-order chi connectivity index (χ0) is 23.3. The van der Waals surface area contributed by atoms with Crippen molar-refractivity contribution in [3.05, 3.63) is 59.7 Å². The number of amides is 1. The quantitative estimate of drug-likeness (QED) is 0.341. The normalized spacial score (nSPS) is 15.9. The smallest absolute Gasteiger partial charge is 0.275 e. The third-order valence-corrected chi connectivity index (χ3v) is 7.02. The van der Waals surface area contributed by atoms with Crippen LogP contribution in [0.5, 0.6) is 0 Å². The number of nitrogens with two attached hydrogens (primary N) is 2. The highest BCUT2D eigenvalue weighted by Crippen LogP contribution is 2.22. The van der Waals surface area contributed by atoms with Gasteiger partial charge >= 0.3 is 0 Å². The van der Waals surface area contributed by atoms with Gasteiger partial charge in [-0.05, 0) is 62.0 Å². The summed E-state index contributed by atoms with van der Waals surface area (Å²) in [6.45, 7) is 4.09. The Labute approximate surface area is 188 Å². The number of nitrogens with one attached hydrogen (secondary N) is 1. The van der Waals surface area contributed by atoms with Gasteiger partial charge in [0.05, 0.1) is 4.90 Å². The largest absolute Gasteiger partial charge is 0.370 e. The zero-order valence-corrected chi connectivity index (χ0v) is 19.0. The molecule has 0 aromatic heterocycles.